The summed E-state index contributed by atoms with van der Waals surface area (Å²) in [5.74, 6) is 1.81. The number of aromatic hydroxyl groups is 1. The van der Waals surface area contributed by atoms with E-state index >= 15 is 0 Å². The highest BCUT2D eigenvalue weighted by Crippen LogP contribution is 2.31. The number of carbonyl (C=O) groups is 1. The second-order valence-corrected chi connectivity index (χ2v) is 6.45. The fourth-order valence-corrected chi connectivity index (χ4v) is 2.92. The first kappa shape index (κ1) is 16.4. The van der Waals surface area contributed by atoms with Crippen molar-refractivity contribution >= 4 is 11.7 Å². The topological polar surface area (TPSA) is 79.2 Å². The number of nitrogens with zero attached hydrogens (tertiary/aromatic N) is 2. The third-order valence-electron chi connectivity index (χ3n) is 4.33. The molecule has 0 radical (unpaired) electrons. The van der Waals surface area contributed by atoms with Crippen molar-refractivity contribution in [1.82, 2.24) is 14.9 Å². The van der Waals surface area contributed by atoms with Gasteiger partial charge in [-0.2, -0.15) is 0 Å². The molecule has 0 spiro atoms. The van der Waals surface area contributed by atoms with Gasteiger partial charge in [-0.3, -0.25) is 0 Å². The van der Waals surface area contributed by atoms with Gasteiger partial charge in [0.1, 0.15) is 11.6 Å². The molecular formula is C18H24N4O2. The number of urea groups is 1. The number of benzene rings is 1. The number of imidazole rings is 1. The summed E-state index contributed by atoms with van der Waals surface area (Å²) in [4.78, 5) is 16.5. The maximum atomic E-state index is 11.8. The number of rotatable bonds is 4. The number of phenols is 1. The van der Waals surface area contributed by atoms with Crippen molar-refractivity contribution in [2.75, 3.05) is 11.9 Å². The summed E-state index contributed by atoms with van der Waals surface area (Å²) in [6.07, 6.45) is 5.07. The number of hydrogen-bond donors (Lipinski definition) is 3. The summed E-state index contributed by atoms with van der Waals surface area (Å²) >= 11 is 0. The molecule has 1 aliphatic heterocycles. The molecule has 2 aromatic rings. The van der Waals surface area contributed by atoms with Crippen LogP contribution in [0.2, 0.25) is 0 Å². The second-order valence-electron chi connectivity index (χ2n) is 6.45. The van der Waals surface area contributed by atoms with Crippen molar-refractivity contribution in [3.63, 3.8) is 0 Å². The summed E-state index contributed by atoms with van der Waals surface area (Å²) < 4.78 is 2.20. The number of aromatic nitrogens is 2. The van der Waals surface area contributed by atoms with E-state index < -0.39 is 0 Å². The molecule has 0 saturated carbocycles. The van der Waals surface area contributed by atoms with Crippen molar-refractivity contribution in [3.8, 4) is 17.0 Å². The number of fused-ring (bicyclic) bond motifs is 1. The van der Waals surface area contributed by atoms with E-state index in [2.05, 4.69) is 28.3 Å². The Morgan fingerprint density at radius 1 is 1.46 bits per heavy atom. The SMILES string of the molecule is CCCNC(=O)Nc1cc(-c2cn3c(n2)CC(C)CC3)ccc1O. The molecular weight excluding hydrogens is 304 g/mol. The van der Waals surface area contributed by atoms with Crippen LogP contribution in [0.3, 0.4) is 0 Å². The van der Waals surface area contributed by atoms with Crippen LogP contribution in [0.1, 0.15) is 32.5 Å². The Balaban J connectivity index is 1.82. The number of anilines is 1. The zero-order valence-electron chi connectivity index (χ0n) is 14.2. The van der Waals surface area contributed by atoms with E-state index in [1.54, 1.807) is 12.1 Å². The fourth-order valence-electron chi connectivity index (χ4n) is 2.92. The van der Waals surface area contributed by atoms with E-state index in [0.717, 1.165) is 36.5 Å². The Labute approximate surface area is 141 Å². The van der Waals surface area contributed by atoms with Crippen LogP contribution < -0.4 is 10.6 Å². The molecule has 2 heterocycles. The lowest BCUT2D eigenvalue weighted by Gasteiger charge is -2.18. The van der Waals surface area contributed by atoms with E-state index in [-0.39, 0.29) is 11.8 Å². The number of nitrogens with one attached hydrogen (secondary N) is 2. The van der Waals surface area contributed by atoms with E-state index in [4.69, 9.17) is 4.98 Å². The largest absolute Gasteiger partial charge is 0.506 e. The lowest BCUT2D eigenvalue weighted by Crippen LogP contribution is -2.29. The van der Waals surface area contributed by atoms with Crippen LogP contribution in [0, 0.1) is 5.92 Å². The first-order valence-electron chi connectivity index (χ1n) is 8.51. The Morgan fingerprint density at radius 3 is 3.08 bits per heavy atom. The van der Waals surface area contributed by atoms with Crippen LogP contribution in [0.5, 0.6) is 5.75 Å². The Hall–Kier alpha value is -2.50. The fraction of sp³-hybridized carbons (Fsp3) is 0.444. The van der Waals surface area contributed by atoms with Gasteiger partial charge in [0.2, 0.25) is 0 Å². The molecule has 3 rings (SSSR count). The molecule has 128 valence electrons. The molecule has 0 fully saturated rings. The predicted octanol–water partition coefficient (Wildman–Crippen LogP) is 3.37. The zero-order valence-corrected chi connectivity index (χ0v) is 14.2. The predicted molar refractivity (Wildman–Crippen MR) is 94.1 cm³/mol. The van der Waals surface area contributed by atoms with Crippen molar-refractivity contribution < 1.29 is 9.90 Å². The number of hydrogen-bond acceptors (Lipinski definition) is 3. The molecule has 0 saturated heterocycles. The summed E-state index contributed by atoms with van der Waals surface area (Å²) in [5.41, 5.74) is 2.14. The van der Waals surface area contributed by atoms with Gasteiger partial charge in [0.05, 0.1) is 11.4 Å². The molecule has 24 heavy (non-hydrogen) atoms. The molecule has 6 nitrogen and oxygen atoms in total. The van der Waals surface area contributed by atoms with Crippen LogP contribution in [-0.4, -0.2) is 27.2 Å². The zero-order chi connectivity index (χ0) is 17.1. The van der Waals surface area contributed by atoms with Crippen LogP contribution in [0.4, 0.5) is 10.5 Å². The Bertz CT molecular complexity index is 739. The second kappa shape index (κ2) is 6.95. The van der Waals surface area contributed by atoms with Crippen LogP contribution in [-0.2, 0) is 13.0 Å². The summed E-state index contributed by atoms with van der Waals surface area (Å²) in [7, 11) is 0. The number of amides is 2. The average Bonchev–Trinajstić information content (AvgIpc) is 2.98. The minimum Gasteiger partial charge on any atom is -0.506 e. The maximum Gasteiger partial charge on any atom is 0.319 e. The molecule has 3 N–H and O–H groups in total. The molecule has 1 aromatic carbocycles. The molecule has 1 aromatic heterocycles. The molecule has 1 atom stereocenters. The number of phenolic OH excluding ortho intramolecular Hbond substituents is 1. The van der Waals surface area contributed by atoms with Gasteiger partial charge in [-0.05, 0) is 37.0 Å². The van der Waals surface area contributed by atoms with Gasteiger partial charge in [0, 0.05) is 31.3 Å². The first-order chi connectivity index (χ1) is 11.6. The van der Waals surface area contributed by atoms with Gasteiger partial charge in [-0.15, -0.1) is 0 Å². The smallest absolute Gasteiger partial charge is 0.319 e. The monoisotopic (exact) mass is 328 g/mol. The Kier molecular flexibility index (Phi) is 4.74. The normalized spacial score (nSPS) is 16.5. The van der Waals surface area contributed by atoms with Crippen LogP contribution in [0.15, 0.2) is 24.4 Å². The minimum absolute atomic E-state index is 0.0444. The van der Waals surface area contributed by atoms with Gasteiger partial charge in [0.25, 0.3) is 0 Å². The maximum absolute atomic E-state index is 11.8. The molecule has 1 aliphatic rings. The lowest BCUT2D eigenvalue weighted by molar-refractivity contribution is 0.252. The quantitative estimate of drug-likeness (QED) is 0.753. The van der Waals surface area contributed by atoms with Crippen molar-refractivity contribution in [2.45, 2.75) is 39.7 Å². The number of aryl methyl sites for hydroxylation is 1. The van der Waals surface area contributed by atoms with Crippen molar-refractivity contribution in [1.29, 1.82) is 0 Å². The number of carbonyl (C=O) groups excluding carboxylic acids is 1. The van der Waals surface area contributed by atoms with Crippen LogP contribution in [0.25, 0.3) is 11.3 Å². The minimum atomic E-state index is -0.317. The summed E-state index contributed by atoms with van der Waals surface area (Å²) in [6.45, 7) is 5.82. The van der Waals surface area contributed by atoms with Crippen molar-refractivity contribution in [2.24, 2.45) is 5.92 Å². The Morgan fingerprint density at radius 2 is 2.29 bits per heavy atom. The summed E-state index contributed by atoms with van der Waals surface area (Å²) in [5, 5.41) is 15.4. The molecule has 1 unspecified atom stereocenters. The van der Waals surface area contributed by atoms with Crippen molar-refractivity contribution in [3.05, 3.63) is 30.2 Å². The standard InChI is InChI=1S/C18H24N4O2/c1-3-7-19-18(24)21-14-10-13(4-5-16(14)23)15-11-22-8-6-12(2)9-17(22)20-15/h4-5,10-12,23H,3,6-9H2,1-2H3,(H2,19,21,24). The molecule has 0 bridgehead atoms. The highest BCUT2D eigenvalue weighted by molar-refractivity contribution is 5.91. The van der Waals surface area contributed by atoms with E-state index in [9.17, 15) is 9.90 Å². The average molecular weight is 328 g/mol. The highest BCUT2D eigenvalue weighted by Gasteiger charge is 2.18. The van der Waals surface area contributed by atoms with Crippen LogP contribution >= 0.6 is 0 Å². The molecule has 2 amide bonds. The van der Waals surface area contributed by atoms with Gasteiger partial charge < -0.3 is 20.3 Å². The highest BCUT2D eigenvalue weighted by atomic mass is 16.3. The van der Waals surface area contributed by atoms with Gasteiger partial charge in [-0.1, -0.05) is 13.8 Å². The van der Waals surface area contributed by atoms with E-state index in [1.165, 1.54) is 6.42 Å². The molecule has 6 heteroatoms. The lowest BCUT2D eigenvalue weighted by atomic mass is 10.0. The van der Waals surface area contributed by atoms with Gasteiger partial charge in [-0.25, -0.2) is 9.78 Å². The van der Waals surface area contributed by atoms with E-state index in [0.29, 0.717) is 18.2 Å². The molecule has 0 aliphatic carbocycles. The third kappa shape index (κ3) is 3.53. The summed E-state index contributed by atoms with van der Waals surface area (Å²) in [6, 6.07) is 4.86. The van der Waals surface area contributed by atoms with E-state index in [1.807, 2.05) is 13.0 Å². The third-order valence-corrected chi connectivity index (χ3v) is 4.33. The van der Waals surface area contributed by atoms with Gasteiger partial charge in [0.15, 0.2) is 0 Å². The first-order valence-corrected chi connectivity index (χ1v) is 8.51. The van der Waals surface area contributed by atoms with Gasteiger partial charge >= 0.3 is 6.03 Å².